The molecule has 0 spiro atoms. The fourth-order valence-corrected chi connectivity index (χ4v) is 16.3. The van der Waals surface area contributed by atoms with Gasteiger partial charge in [0.1, 0.15) is 146 Å². The molecule has 28 N–H and O–H groups in total. The molecule has 0 aromatic heterocycles. The number of nitrogens with one attached hydrogen (secondary N) is 10. The van der Waals surface area contributed by atoms with Crippen molar-refractivity contribution in [2.75, 3.05) is 33.0 Å². The van der Waals surface area contributed by atoms with Gasteiger partial charge in [0, 0.05) is 66.3 Å². The molecule has 5 heterocycles. The molecule has 772 valence electrons. The Balaban J connectivity index is 1.13. The Bertz CT molecular complexity index is 4690. The standard InChI is InChI=1S/C82H120N12O43S/c1-33(2)24-47(92-73(119)45(25-39-12-9-8-10-13-39)90-74(120)46(27-56(108)109)91-72(118)44(84-35(4)98)26-40-15-17-41(18-16-40)137-138(126,127)128)77(123)94-23-11-14-48(94)75(121)89-43(20-22-55(106)107)71(117)93-57(76(122)88-42(70(83)116)19-21-54(104)105)34(3)130-79-59(86-37(6)100)64(113)62(111)53(133-79)32-129-78-60(87-38(7)101)65(114)67(52(31-97)132-78)134-80-66(115)69(63(112)51(30-96)131-80)136-82(81(124)125)28-49(102)58(85-36(5)99)68(135-82)61(110)50(103)29-95/h8-10,12-13,15-18,33-34,42-53,57-69,78-80,95-97,102-103,110-115H,11,14,19-32H2,1-7H3,(H2,83,116)(H,84,98)(H,85,99)(H,86,100)(H,87,101)(H,88,122)(H,89,121)(H,90,120)(H,91,118)(H,92,119)(H,93,117)(H,104,105)(H,106,107)(H,108,109)(H,124,125)(H,126,127,128)/t34-,42+,43+,44+,45+,46+,47+,48+,49+,50-,51-,52-,53-,57+,58-,59-,60-,61-,62+,63+,64-,65-,66-,67-,68+,69+,78-,79+,80+,82+/m1/s1. The largest absolute Gasteiger partial charge is 0.481 e. The molecule has 30 atom stereocenters. The summed E-state index contributed by atoms with van der Waals surface area (Å²) in [5.74, 6) is -24.3. The monoisotopic (exact) mass is 1990 g/mol. The van der Waals surface area contributed by atoms with Gasteiger partial charge in [-0.25, -0.2) is 4.79 Å². The van der Waals surface area contributed by atoms with Crippen LogP contribution in [0.5, 0.6) is 5.75 Å². The molecule has 2 aromatic carbocycles. The summed E-state index contributed by atoms with van der Waals surface area (Å²) in [5, 5.41) is 187. The van der Waals surface area contributed by atoms with Crippen molar-refractivity contribution in [3.8, 4) is 5.75 Å². The van der Waals surface area contributed by atoms with Crippen LogP contribution in [0.2, 0.25) is 0 Å². The maximum Gasteiger partial charge on any atom is 0.446 e. The van der Waals surface area contributed by atoms with Crippen molar-refractivity contribution in [1.82, 2.24) is 58.1 Å². The van der Waals surface area contributed by atoms with E-state index in [1.54, 1.807) is 44.2 Å². The Morgan fingerprint density at radius 2 is 1.07 bits per heavy atom. The number of primary amides is 1. The highest BCUT2D eigenvalue weighted by Crippen LogP contribution is 2.40. The van der Waals surface area contributed by atoms with Gasteiger partial charge in [0.15, 0.2) is 18.9 Å². The van der Waals surface area contributed by atoms with Gasteiger partial charge in [0.2, 0.25) is 70.9 Å². The second-order valence-electron chi connectivity index (χ2n) is 33.9. The molecule has 5 saturated heterocycles. The van der Waals surface area contributed by atoms with Crippen LogP contribution in [-0.4, -0.2) is 405 Å². The van der Waals surface area contributed by atoms with Gasteiger partial charge < -0.3 is 182 Å². The highest BCUT2D eigenvalue weighted by Gasteiger charge is 2.61. The second-order valence-corrected chi connectivity index (χ2v) is 34.9. The van der Waals surface area contributed by atoms with Crippen molar-refractivity contribution < 1.29 is 208 Å². The Hall–Kier alpha value is -11.1. The number of nitrogens with zero attached hydrogens (tertiary/aromatic N) is 1. The van der Waals surface area contributed by atoms with Gasteiger partial charge in [0.25, 0.3) is 5.79 Å². The van der Waals surface area contributed by atoms with E-state index >= 15 is 9.59 Å². The quantitative estimate of drug-likeness (QED) is 0.0274. The summed E-state index contributed by atoms with van der Waals surface area (Å²) in [7, 11) is -4.95. The predicted molar refractivity (Wildman–Crippen MR) is 455 cm³/mol. The number of nitrogens with two attached hydrogens (primary N) is 1. The first kappa shape index (κ1) is 114. The van der Waals surface area contributed by atoms with Crippen LogP contribution in [0, 0.1) is 5.92 Å². The number of benzene rings is 2. The molecule has 7 rings (SSSR count). The number of aliphatic hydroxyl groups excluding tert-OH is 11. The third-order valence-corrected chi connectivity index (χ3v) is 23.1. The molecular formula is C82H120N12O43S. The smallest absolute Gasteiger partial charge is 0.446 e. The van der Waals surface area contributed by atoms with Crippen LogP contribution < -0.4 is 63.1 Å². The van der Waals surface area contributed by atoms with Gasteiger partial charge in [-0.15, -0.1) is 0 Å². The first-order valence-corrected chi connectivity index (χ1v) is 44.8. The van der Waals surface area contributed by atoms with E-state index in [9.17, 15) is 152 Å². The van der Waals surface area contributed by atoms with Crippen LogP contribution in [0.4, 0.5) is 0 Å². The normalized spacial score (nSPS) is 28.1. The molecule has 12 amide bonds. The summed E-state index contributed by atoms with van der Waals surface area (Å²) in [4.78, 5) is 217. The van der Waals surface area contributed by atoms with E-state index in [2.05, 4.69) is 57.4 Å². The molecule has 56 heteroatoms. The summed E-state index contributed by atoms with van der Waals surface area (Å²) in [5.41, 5.74) is 6.24. The summed E-state index contributed by atoms with van der Waals surface area (Å²) in [6.07, 6.45) is -45.5. The lowest BCUT2D eigenvalue weighted by molar-refractivity contribution is -0.383. The van der Waals surface area contributed by atoms with Crippen molar-refractivity contribution in [1.29, 1.82) is 0 Å². The van der Waals surface area contributed by atoms with Crippen molar-refractivity contribution in [3.05, 3.63) is 65.7 Å². The molecular weight excluding hydrogens is 1870 g/mol. The number of amides is 12. The molecule has 55 nitrogen and oxygen atoms in total. The average molecular weight is 1990 g/mol. The molecule has 0 saturated carbocycles. The second kappa shape index (κ2) is 51.7. The van der Waals surface area contributed by atoms with Crippen LogP contribution in [0.3, 0.4) is 0 Å². The minimum atomic E-state index is -4.95. The van der Waals surface area contributed by atoms with Crippen LogP contribution >= 0.6 is 0 Å². The number of aliphatic carboxylic acids is 4. The highest BCUT2D eigenvalue weighted by atomic mass is 32.3. The molecule has 2 aromatic rings. The van der Waals surface area contributed by atoms with Crippen molar-refractivity contribution in [2.24, 2.45) is 11.7 Å². The molecule has 0 bridgehead atoms. The van der Waals surface area contributed by atoms with Crippen LogP contribution in [0.1, 0.15) is 117 Å². The number of carboxylic acid groups (broad SMARTS) is 4. The Kier molecular flexibility index (Phi) is 42.7. The van der Waals surface area contributed by atoms with E-state index in [0.717, 1.165) is 51.7 Å². The molecule has 5 fully saturated rings. The first-order chi connectivity index (χ1) is 64.7. The number of aliphatic hydroxyl groups is 11. The molecule has 5 aliphatic heterocycles. The maximum atomic E-state index is 15.1. The third-order valence-electron chi connectivity index (χ3n) is 22.7. The average Bonchev–Trinajstić information content (AvgIpc) is 1.30. The predicted octanol–water partition coefficient (Wildman–Crippen LogP) is -11.9. The first-order valence-electron chi connectivity index (χ1n) is 43.4. The lowest BCUT2D eigenvalue weighted by Crippen LogP contribution is -2.71. The van der Waals surface area contributed by atoms with Gasteiger partial charge in [-0.3, -0.25) is 76.5 Å². The summed E-state index contributed by atoms with van der Waals surface area (Å²) < 4.78 is 83.3. The summed E-state index contributed by atoms with van der Waals surface area (Å²) >= 11 is 0. The number of carbonyl (C=O) groups excluding carboxylic acids is 12. The van der Waals surface area contributed by atoms with Crippen LogP contribution in [-0.2, 0) is 138 Å². The van der Waals surface area contributed by atoms with Crippen molar-refractivity contribution >= 4 is 105 Å². The maximum absolute atomic E-state index is 15.1. The third kappa shape index (κ3) is 32.2. The van der Waals surface area contributed by atoms with Crippen molar-refractivity contribution in [3.63, 3.8) is 0 Å². The number of rotatable bonds is 50. The van der Waals surface area contributed by atoms with E-state index in [1.165, 1.54) is 12.1 Å². The Morgan fingerprint density at radius 3 is 1.61 bits per heavy atom. The lowest BCUT2D eigenvalue weighted by Gasteiger charge is -2.51. The molecule has 5 aliphatic rings. The van der Waals surface area contributed by atoms with Gasteiger partial charge >= 0.3 is 34.3 Å². The topological polar surface area (TPSA) is 864 Å². The Morgan fingerprint density at radius 1 is 0.551 bits per heavy atom. The Labute approximate surface area is 786 Å². The van der Waals surface area contributed by atoms with Gasteiger partial charge in [-0.05, 0) is 68.2 Å². The minimum Gasteiger partial charge on any atom is -0.481 e. The number of carbonyl (C=O) groups is 16. The zero-order valence-corrected chi connectivity index (χ0v) is 76.3. The highest BCUT2D eigenvalue weighted by molar-refractivity contribution is 7.81. The van der Waals surface area contributed by atoms with Crippen LogP contribution in [0.25, 0.3) is 0 Å². The molecule has 0 radical (unpaired) electrons. The van der Waals surface area contributed by atoms with E-state index in [1.807, 2.05) is 0 Å². The van der Waals surface area contributed by atoms with Gasteiger partial charge in [-0.2, -0.15) is 8.42 Å². The molecule has 0 aliphatic carbocycles. The van der Waals surface area contributed by atoms with Crippen molar-refractivity contribution in [2.45, 2.75) is 302 Å². The minimum absolute atomic E-state index is 0.0566. The lowest BCUT2D eigenvalue weighted by atomic mass is 9.88. The number of ether oxygens (including phenoxy) is 8. The fraction of sp³-hybridized carbons (Fsp3) is 0.659. The molecule has 138 heavy (non-hydrogen) atoms. The number of carboxylic acids is 4. The zero-order valence-electron chi connectivity index (χ0n) is 75.4. The SMILES string of the molecule is CC(=O)N[C@H]1[C@H](OC[C@H]2O[C@H](O[C@H](C)[C@H](NC(=O)[C@H](CCC(=O)O)NC(=O)[C@@H]3CCCN3C(=O)[C@H](CC(C)C)NC(=O)[C@H](Cc3ccccc3)NC(=O)[C@H](CC(=O)O)NC(=O)[C@H](Cc3ccc(OS(=O)(=O)O)cc3)NC(C)=O)C(=O)N[C@@H](CCC(=O)O)C(N)=O)[C@H](NC(C)=O)[C@@H](O)[C@H]2O)O[C@H](CO)[C@@H](O[C@@H]2O[C@H](CO)[C@H](O)[C@H](O[C@]3(C(=O)O)C[C@H](O)[C@@H](NC(C)=O)[C@@H]([C@H](O)[C@H](O)CO)O3)[C@H]2O)[C@@H]1O. The number of likely N-dealkylation sites (tertiary alicyclic amines) is 1. The molecule has 0 unspecified atom stereocenters. The van der Waals surface area contributed by atoms with Crippen LogP contribution in [0.15, 0.2) is 54.6 Å². The number of hydrogen-bond acceptors (Lipinski definition) is 38. The zero-order chi connectivity index (χ0) is 103. The van der Waals surface area contributed by atoms with Gasteiger partial charge in [0.05, 0.1) is 51.1 Å². The number of hydrogen-bond donors (Lipinski definition) is 27. The van der Waals surface area contributed by atoms with E-state index in [-0.39, 0.29) is 50.0 Å². The summed E-state index contributed by atoms with van der Waals surface area (Å²) in [6, 6.07) is -7.57. The van der Waals surface area contributed by atoms with Gasteiger partial charge in [-0.1, -0.05) is 56.3 Å². The van der Waals surface area contributed by atoms with E-state index < -0.39 is 359 Å². The van der Waals surface area contributed by atoms with E-state index in [0.29, 0.717) is 5.56 Å². The van der Waals surface area contributed by atoms with E-state index in [4.69, 9.17) is 48.2 Å². The fourth-order valence-electron chi connectivity index (χ4n) is 16.0. The summed E-state index contributed by atoms with van der Waals surface area (Å²) in [6.45, 7) is 3.29.